The van der Waals surface area contributed by atoms with Crippen LogP contribution in [-0.4, -0.2) is 22.7 Å². The molecule has 0 aliphatic heterocycles. The number of ether oxygens (including phenoxy) is 1. The summed E-state index contributed by atoms with van der Waals surface area (Å²) in [6, 6.07) is 4.55. The van der Waals surface area contributed by atoms with Crippen molar-refractivity contribution in [2.45, 2.75) is 0 Å². The molecule has 0 saturated carbocycles. The van der Waals surface area contributed by atoms with Crippen LogP contribution in [0.1, 0.15) is 10.5 Å². The van der Waals surface area contributed by atoms with Crippen molar-refractivity contribution in [3.8, 4) is 11.8 Å². The zero-order chi connectivity index (χ0) is 9.68. The Hall–Kier alpha value is -2.09. The van der Waals surface area contributed by atoms with E-state index in [1.54, 1.807) is 6.07 Å². The third-order valence-electron chi connectivity index (χ3n) is 1.26. The highest BCUT2D eigenvalue weighted by atomic mass is 16.5. The minimum absolute atomic E-state index is 0.0516. The second kappa shape index (κ2) is 4.07. The van der Waals surface area contributed by atoms with Crippen LogP contribution in [-0.2, 0) is 0 Å². The van der Waals surface area contributed by atoms with E-state index in [1.807, 2.05) is 0 Å². The van der Waals surface area contributed by atoms with E-state index in [-0.39, 0.29) is 12.3 Å². The zero-order valence-electron chi connectivity index (χ0n) is 6.60. The number of aromatic carboxylic acids is 1. The average Bonchev–Trinajstić information content (AvgIpc) is 2.15. The van der Waals surface area contributed by atoms with Gasteiger partial charge in [0.15, 0.2) is 6.61 Å². The number of hydrogen-bond donors (Lipinski definition) is 1. The van der Waals surface area contributed by atoms with Gasteiger partial charge in [-0.25, -0.2) is 9.78 Å². The van der Waals surface area contributed by atoms with Crippen molar-refractivity contribution in [3.63, 3.8) is 0 Å². The fraction of sp³-hybridized carbons (Fsp3) is 0.125. The van der Waals surface area contributed by atoms with Gasteiger partial charge in [0, 0.05) is 0 Å². The number of nitrogens with zero attached hydrogens (tertiary/aromatic N) is 2. The summed E-state index contributed by atoms with van der Waals surface area (Å²) in [7, 11) is 0. The first-order valence-corrected chi connectivity index (χ1v) is 3.43. The Morgan fingerprint density at radius 3 is 2.92 bits per heavy atom. The van der Waals surface area contributed by atoms with Gasteiger partial charge in [0.05, 0.1) is 6.20 Å². The van der Waals surface area contributed by atoms with E-state index in [9.17, 15) is 4.79 Å². The Kier molecular flexibility index (Phi) is 2.82. The highest BCUT2D eigenvalue weighted by Gasteiger charge is 2.03. The third-order valence-corrected chi connectivity index (χ3v) is 1.26. The molecule has 5 nitrogen and oxygen atoms in total. The smallest absolute Gasteiger partial charge is 0.354 e. The van der Waals surface area contributed by atoms with Crippen LogP contribution in [0, 0.1) is 11.3 Å². The summed E-state index contributed by atoms with van der Waals surface area (Å²) < 4.78 is 4.87. The second-order valence-electron chi connectivity index (χ2n) is 2.13. The fourth-order valence-corrected chi connectivity index (χ4v) is 0.708. The molecule has 0 radical (unpaired) electrons. The van der Waals surface area contributed by atoms with E-state index in [1.165, 1.54) is 18.3 Å². The Labute approximate surface area is 74.2 Å². The minimum Gasteiger partial charge on any atom is -0.477 e. The molecule has 0 aliphatic carbocycles. The average molecular weight is 178 g/mol. The van der Waals surface area contributed by atoms with Gasteiger partial charge in [-0.15, -0.1) is 0 Å². The zero-order valence-corrected chi connectivity index (χ0v) is 6.60. The quantitative estimate of drug-likeness (QED) is 0.735. The summed E-state index contributed by atoms with van der Waals surface area (Å²) in [4.78, 5) is 14.0. The van der Waals surface area contributed by atoms with Crippen molar-refractivity contribution in [2.24, 2.45) is 0 Å². The first-order chi connectivity index (χ1) is 6.24. The maximum absolute atomic E-state index is 10.4. The third kappa shape index (κ3) is 2.45. The van der Waals surface area contributed by atoms with Gasteiger partial charge in [-0.05, 0) is 12.1 Å². The summed E-state index contributed by atoms with van der Waals surface area (Å²) >= 11 is 0. The molecule has 1 heterocycles. The van der Waals surface area contributed by atoms with E-state index in [0.717, 1.165) is 0 Å². The summed E-state index contributed by atoms with van der Waals surface area (Å²) in [6.07, 6.45) is 1.26. The molecule has 66 valence electrons. The van der Waals surface area contributed by atoms with E-state index in [2.05, 4.69) is 4.98 Å². The predicted octanol–water partition coefficient (Wildman–Crippen LogP) is 0.682. The Morgan fingerprint density at radius 2 is 2.46 bits per heavy atom. The van der Waals surface area contributed by atoms with Gasteiger partial charge >= 0.3 is 5.97 Å². The lowest BCUT2D eigenvalue weighted by atomic mass is 10.3. The summed E-state index contributed by atoms with van der Waals surface area (Å²) in [5, 5.41) is 16.7. The molecule has 13 heavy (non-hydrogen) atoms. The molecule has 5 heteroatoms. The fourth-order valence-electron chi connectivity index (χ4n) is 0.708. The van der Waals surface area contributed by atoms with Crippen LogP contribution in [0.5, 0.6) is 5.75 Å². The normalized spacial score (nSPS) is 8.85. The lowest BCUT2D eigenvalue weighted by Gasteiger charge is -1.99. The maximum Gasteiger partial charge on any atom is 0.354 e. The molecule has 0 aromatic carbocycles. The summed E-state index contributed by atoms with van der Waals surface area (Å²) in [6.45, 7) is -0.0753. The van der Waals surface area contributed by atoms with Crippen LogP contribution in [0.15, 0.2) is 18.3 Å². The molecule has 0 unspecified atom stereocenters. The molecule has 0 fully saturated rings. The molecular weight excluding hydrogens is 172 g/mol. The minimum atomic E-state index is -1.09. The van der Waals surface area contributed by atoms with Crippen molar-refractivity contribution >= 4 is 5.97 Å². The summed E-state index contributed by atoms with van der Waals surface area (Å²) in [5.41, 5.74) is -0.0516. The number of carboxylic acid groups (broad SMARTS) is 1. The second-order valence-corrected chi connectivity index (χ2v) is 2.13. The van der Waals surface area contributed by atoms with Gasteiger partial charge < -0.3 is 9.84 Å². The van der Waals surface area contributed by atoms with Gasteiger partial charge in [-0.1, -0.05) is 0 Å². The maximum atomic E-state index is 10.4. The van der Waals surface area contributed by atoms with Crippen molar-refractivity contribution in [2.75, 3.05) is 6.61 Å². The molecule has 0 spiro atoms. The van der Waals surface area contributed by atoms with Gasteiger partial charge in [0.2, 0.25) is 0 Å². The van der Waals surface area contributed by atoms with Crippen LogP contribution < -0.4 is 4.74 Å². The standard InChI is InChI=1S/C8H6N2O3/c9-3-4-13-6-1-2-7(8(11)12)10-5-6/h1-2,5H,4H2,(H,11,12). The molecule has 1 aromatic rings. The van der Waals surface area contributed by atoms with Crippen molar-refractivity contribution in [1.82, 2.24) is 4.98 Å². The Morgan fingerprint density at radius 1 is 1.69 bits per heavy atom. The van der Waals surface area contributed by atoms with Crippen molar-refractivity contribution in [1.29, 1.82) is 5.26 Å². The molecule has 0 atom stereocenters. The van der Waals surface area contributed by atoms with Crippen LogP contribution in [0.3, 0.4) is 0 Å². The largest absolute Gasteiger partial charge is 0.477 e. The van der Waals surface area contributed by atoms with Crippen LogP contribution in [0.4, 0.5) is 0 Å². The van der Waals surface area contributed by atoms with Gasteiger partial charge in [0.1, 0.15) is 17.5 Å². The van der Waals surface area contributed by atoms with Crippen molar-refractivity contribution in [3.05, 3.63) is 24.0 Å². The number of nitriles is 1. The number of hydrogen-bond acceptors (Lipinski definition) is 4. The lowest BCUT2D eigenvalue weighted by Crippen LogP contribution is -2.00. The SMILES string of the molecule is N#CCOc1ccc(C(=O)O)nc1. The number of carboxylic acids is 1. The highest BCUT2D eigenvalue weighted by Crippen LogP contribution is 2.08. The lowest BCUT2D eigenvalue weighted by molar-refractivity contribution is 0.0690. The first kappa shape index (κ1) is 9.00. The van der Waals surface area contributed by atoms with Gasteiger partial charge in [0.25, 0.3) is 0 Å². The topological polar surface area (TPSA) is 83.2 Å². The molecule has 0 bridgehead atoms. The van der Waals surface area contributed by atoms with Crippen molar-refractivity contribution < 1.29 is 14.6 Å². The van der Waals surface area contributed by atoms with E-state index in [0.29, 0.717) is 5.75 Å². The summed E-state index contributed by atoms with van der Waals surface area (Å²) in [5.74, 6) is -0.710. The molecule has 0 amide bonds. The van der Waals surface area contributed by atoms with E-state index >= 15 is 0 Å². The molecular formula is C8H6N2O3. The number of rotatable bonds is 3. The van der Waals surface area contributed by atoms with Crippen LogP contribution >= 0.6 is 0 Å². The van der Waals surface area contributed by atoms with Gasteiger partial charge in [-0.3, -0.25) is 0 Å². The highest BCUT2D eigenvalue weighted by molar-refractivity contribution is 5.85. The predicted molar refractivity (Wildman–Crippen MR) is 42.3 cm³/mol. The molecule has 0 saturated heterocycles. The first-order valence-electron chi connectivity index (χ1n) is 3.43. The number of pyridine rings is 1. The molecule has 0 aliphatic rings. The molecule has 1 aromatic heterocycles. The Balaban J connectivity index is 2.71. The van der Waals surface area contributed by atoms with Gasteiger partial charge in [-0.2, -0.15) is 5.26 Å². The van der Waals surface area contributed by atoms with E-state index in [4.69, 9.17) is 15.1 Å². The molecule has 1 rings (SSSR count). The molecule has 1 N–H and O–H groups in total. The monoisotopic (exact) mass is 178 g/mol. The number of aromatic nitrogens is 1. The van der Waals surface area contributed by atoms with Crippen LogP contribution in [0.25, 0.3) is 0 Å². The van der Waals surface area contributed by atoms with E-state index < -0.39 is 5.97 Å². The number of carbonyl (C=O) groups is 1. The Bertz CT molecular complexity index is 339. The van der Waals surface area contributed by atoms with Crippen LogP contribution in [0.2, 0.25) is 0 Å².